The summed E-state index contributed by atoms with van der Waals surface area (Å²) in [5.41, 5.74) is 0. The lowest BCUT2D eigenvalue weighted by atomic mass is 10.1. The van der Waals surface area contributed by atoms with E-state index in [9.17, 15) is 14.4 Å². The molecule has 0 aromatic heterocycles. The summed E-state index contributed by atoms with van der Waals surface area (Å²) in [4.78, 5) is 37.9. The van der Waals surface area contributed by atoms with Crippen LogP contribution < -0.4 is 0 Å². The lowest BCUT2D eigenvalue weighted by molar-refractivity contribution is -0.167. The fourth-order valence-electron chi connectivity index (χ4n) is 7.35. The summed E-state index contributed by atoms with van der Waals surface area (Å²) in [6, 6.07) is 0. The average molecular weight is 843 g/mol. The van der Waals surface area contributed by atoms with Gasteiger partial charge < -0.3 is 14.2 Å². The van der Waals surface area contributed by atoms with Crippen molar-refractivity contribution in [1.29, 1.82) is 0 Å². The van der Waals surface area contributed by atoms with Crippen LogP contribution in [0.4, 0.5) is 0 Å². The van der Waals surface area contributed by atoms with Gasteiger partial charge in [0.15, 0.2) is 6.10 Å². The smallest absolute Gasteiger partial charge is 0.306 e. The van der Waals surface area contributed by atoms with Crippen LogP contribution in [-0.2, 0) is 28.6 Å². The topological polar surface area (TPSA) is 78.9 Å². The molecule has 0 aliphatic heterocycles. The number of unbranched alkanes of at least 4 members (excludes halogenated alkanes) is 30. The molecule has 6 nitrogen and oxygen atoms in total. The lowest BCUT2D eigenvalue weighted by Crippen LogP contribution is -2.30. The first kappa shape index (κ1) is 57.6. The first-order chi connectivity index (χ1) is 29.5. The number of allylic oxidation sites excluding steroid dienone is 6. The van der Waals surface area contributed by atoms with Crippen LogP contribution in [0.1, 0.15) is 271 Å². The van der Waals surface area contributed by atoms with Gasteiger partial charge in [-0.1, -0.05) is 198 Å². The van der Waals surface area contributed by atoms with E-state index in [0.29, 0.717) is 19.3 Å². The molecule has 0 amide bonds. The number of hydrogen-bond acceptors (Lipinski definition) is 6. The Morgan fingerprint density at radius 2 is 0.567 bits per heavy atom. The van der Waals surface area contributed by atoms with Crippen LogP contribution in [0.2, 0.25) is 0 Å². The van der Waals surface area contributed by atoms with E-state index in [2.05, 4.69) is 57.2 Å². The third-order valence-electron chi connectivity index (χ3n) is 11.3. The van der Waals surface area contributed by atoms with Crippen LogP contribution in [0.15, 0.2) is 36.5 Å². The highest BCUT2D eigenvalue weighted by Crippen LogP contribution is 2.14. The van der Waals surface area contributed by atoms with Crippen LogP contribution in [0.3, 0.4) is 0 Å². The lowest BCUT2D eigenvalue weighted by Gasteiger charge is -2.18. The molecule has 0 bridgehead atoms. The summed E-state index contributed by atoms with van der Waals surface area (Å²) < 4.78 is 16.8. The molecule has 0 rings (SSSR count). The standard InChI is InChI=1S/C54H98O6/c1-4-7-10-13-16-19-22-24-26-28-29-32-35-38-41-44-47-53(56)59-50-51(49-58-52(55)46-43-40-37-34-31-21-18-15-12-9-6-3)60-54(57)48-45-42-39-36-33-30-27-25-23-20-17-14-11-8-5-2/h15,18,25-28,51H,4-14,16-17,19-24,29-50H2,1-3H3/b18-15-,27-25-,28-26-/t51-/m1/s1. The molecular weight excluding hydrogens is 745 g/mol. The molecular formula is C54H98O6. The molecule has 0 spiro atoms. The molecule has 0 saturated heterocycles. The number of carbonyl (C=O) groups is 3. The van der Waals surface area contributed by atoms with Gasteiger partial charge in [0.05, 0.1) is 0 Å². The number of esters is 3. The Bertz CT molecular complexity index is 1020. The Hall–Kier alpha value is -2.37. The molecule has 0 aliphatic carbocycles. The summed E-state index contributed by atoms with van der Waals surface area (Å²) in [6.45, 7) is 6.59. The van der Waals surface area contributed by atoms with Crippen molar-refractivity contribution in [3.63, 3.8) is 0 Å². The zero-order chi connectivity index (χ0) is 43.7. The first-order valence-electron chi connectivity index (χ1n) is 26.0. The van der Waals surface area contributed by atoms with Crippen molar-refractivity contribution in [2.24, 2.45) is 0 Å². The minimum Gasteiger partial charge on any atom is -0.462 e. The van der Waals surface area contributed by atoms with E-state index >= 15 is 0 Å². The SMILES string of the molecule is CCCC/C=C\CCCCCCCC(=O)OC[C@H](COC(=O)CCCCCCC/C=C\CCCCCCCCC)OC(=O)CCCCCCC/C=C\CCCCCCCC. The van der Waals surface area contributed by atoms with Gasteiger partial charge in [-0.3, -0.25) is 14.4 Å². The molecule has 350 valence electrons. The normalized spacial score (nSPS) is 12.2. The predicted octanol–water partition coefficient (Wildman–Crippen LogP) is 16.9. The summed E-state index contributed by atoms with van der Waals surface area (Å²) >= 11 is 0. The Kier molecular flexibility index (Phi) is 47.3. The van der Waals surface area contributed by atoms with Crippen molar-refractivity contribution >= 4 is 17.9 Å². The van der Waals surface area contributed by atoms with E-state index in [-0.39, 0.29) is 31.1 Å². The van der Waals surface area contributed by atoms with Crippen molar-refractivity contribution in [1.82, 2.24) is 0 Å². The van der Waals surface area contributed by atoms with Gasteiger partial charge in [-0.25, -0.2) is 0 Å². The Morgan fingerprint density at radius 3 is 0.883 bits per heavy atom. The van der Waals surface area contributed by atoms with E-state index in [1.807, 2.05) is 0 Å². The highest BCUT2D eigenvalue weighted by Gasteiger charge is 2.19. The number of ether oxygens (including phenoxy) is 3. The van der Waals surface area contributed by atoms with Gasteiger partial charge in [0.25, 0.3) is 0 Å². The molecule has 0 N–H and O–H groups in total. The van der Waals surface area contributed by atoms with E-state index in [1.165, 1.54) is 148 Å². The molecule has 0 saturated carbocycles. The maximum absolute atomic E-state index is 12.8. The molecule has 0 heterocycles. The summed E-state index contributed by atoms with van der Waals surface area (Å²) in [7, 11) is 0. The molecule has 0 radical (unpaired) electrons. The minimum absolute atomic E-state index is 0.0810. The van der Waals surface area contributed by atoms with Crippen LogP contribution in [0.25, 0.3) is 0 Å². The van der Waals surface area contributed by atoms with Gasteiger partial charge in [0, 0.05) is 19.3 Å². The Balaban J connectivity index is 4.37. The molecule has 60 heavy (non-hydrogen) atoms. The van der Waals surface area contributed by atoms with Crippen molar-refractivity contribution in [2.75, 3.05) is 13.2 Å². The highest BCUT2D eigenvalue weighted by atomic mass is 16.6. The van der Waals surface area contributed by atoms with Crippen molar-refractivity contribution in [3.05, 3.63) is 36.5 Å². The Labute approximate surface area is 372 Å². The monoisotopic (exact) mass is 843 g/mol. The maximum Gasteiger partial charge on any atom is 0.306 e. The molecule has 0 aromatic rings. The summed E-state index contributed by atoms with van der Waals surface area (Å²) in [6.07, 6.45) is 57.0. The maximum atomic E-state index is 12.8. The third kappa shape index (κ3) is 46.7. The average Bonchev–Trinajstić information content (AvgIpc) is 3.24. The van der Waals surface area contributed by atoms with Gasteiger partial charge in [-0.15, -0.1) is 0 Å². The van der Waals surface area contributed by atoms with Crippen molar-refractivity contribution in [2.45, 2.75) is 277 Å². The van der Waals surface area contributed by atoms with E-state index < -0.39 is 6.10 Å². The molecule has 0 aliphatic rings. The second-order valence-electron chi connectivity index (χ2n) is 17.4. The van der Waals surface area contributed by atoms with Gasteiger partial charge in [0.1, 0.15) is 13.2 Å². The number of carbonyl (C=O) groups excluding carboxylic acids is 3. The van der Waals surface area contributed by atoms with Crippen LogP contribution in [0, 0.1) is 0 Å². The first-order valence-corrected chi connectivity index (χ1v) is 26.0. The zero-order valence-corrected chi connectivity index (χ0v) is 40.0. The second kappa shape index (κ2) is 49.3. The number of rotatable bonds is 47. The van der Waals surface area contributed by atoms with Gasteiger partial charge in [-0.2, -0.15) is 0 Å². The van der Waals surface area contributed by atoms with E-state index in [1.54, 1.807) is 0 Å². The minimum atomic E-state index is -0.780. The molecule has 1 atom stereocenters. The molecule has 0 aromatic carbocycles. The molecule has 6 heteroatoms. The van der Waals surface area contributed by atoms with Crippen molar-refractivity contribution < 1.29 is 28.6 Å². The van der Waals surface area contributed by atoms with Gasteiger partial charge in [-0.05, 0) is 89.9 Å². The summed E-state index contributed by atoms with van der Waals surface area (Å²) in [5, 5.41) is 0. The fraction of sp³-hybridized carbons (Fsp3) is 0.833. The van der Waals surface area contributed by atoms with Gasteiger partial charge >= 0.3 is 17.9 Å². The van der Waals surface area contributed by atoms with Crippen LogP contribution >= 0.6 is 0 Å². The van der Waals surface area contributed by atoms with Crippen LogP contribution in [-0.4, -0.2) is 37.2 Å². The largest absolute Gasteiger partial charge is 0.462 e. The van der Waals surface area contributed by atoms with E-state index in [0.717, 1.165) is 83.5 Å². The third-order valence-corrected chi connectivity index (χ3v) is 11.3. The fourth-order valence-corrected chi connectivity index (χ4v) is 7.35. The van der Waals surface area contributed by atoms with E-state index in [4.69, 9.17) is 14.2 Å². The van der Waals surface area contributed by atoms with Crippen molar-refractivity contribution in [3.8, 4) is 0 Å². The Morgan fingerprint density at radius 1 is 0.317 bits per heavy atom. The molecule has 0 unspecified atom stereocenters. The second-order valence-corrected chi connectivity index (χ2v) is 17.4. The summed E-state index contributed by atoms with van der Waals surface area (Å²) in [5.74, 6) is -0.899. The van der Waals surface area contributed by atoms with Crippen LogP contribution in [0.5, 0.6) is 0 Å². The highest BCUT2D eigenvalue weighted by molar-refractivity contribution is 5.71. The van der Waals surface area contributed by atoms with Gasteiger partial charge in [0.2, 0.25) is 0 Å². The molecule has 0 fully saturated rings. The predicted molar refractivity (Wildman–Crippen MR) is 256 cm³/mol. The zero-order valence-electron chi connectivity index (χ0n) is 40.0. The number of hydrogen-bond donors (Lipinski definition) is 0. The quantitative estimate of drug-likeness (QED) is 0.0263.